The predicted molar refractivity (Wildman–Crippen MR) is 80.5 cm³/mol. The van der Waals surface area contributed by atoms with Gasteiger partial charge in [-0.15, -0.1) is 0 Å². The van der Waals surface area contributed by atoms with Gasteiger partial charge in [-0.05, 0) is 44.5 Å². The van der Waals surface area contributed by atoms with E-state index in [1.54, 1.807) is 0 Å². The fraction of sp³-hybridized carbons (Fsp3) is 0.667. The first-order valence-corrected chi connectivity index (χ1v) is 7.33. The van der Waals surface area contributed by atoms with Crippen molar-refractivity contribution in [1.29, 1.82) is 0 Å². The molecule has 19 heavy (non-hydrogen) atoms. The predicted octanol–water partition coefficient (Wildman–Crippen LogP) is 1.50. The second-order valence-electron chi connectivity index (χ2n) is 5.54. The summed E-state index contributed by atoms with van der Waals surface area (Å²) in [7, 11) is 2.19. The molecule has 2 rings (SSSR count). The van der Waals surface area contributed by atoms with Crippen molar-refractivity contribution >= 4 is 5.82 Å². The maximum Gasteiger partial charge on any atom is 0.128 e. The van der Waals surface area contributed by atoms with Crippen molar-refractivity contribution in [3.05, 3.63) is 23.9 Å². The van der Waals surface area contributed by atoms with Crippen molar-refractivity contribution in [1.82, 2.24) is 9.88 Å². The van der Waals surface area contributed by atoms with Crippen molar-refractivity contribution in [3.63, 3.8) is 0 Å². The fourth-order valence-electron chi connectivity index (χ4n) is 2.45. The van der Waals surface area contributed by atoms with Crippen LogP contribution in [0, 0.1) is 0 Å². The Labute approximate surface area is 116 Å². The highest BCUT2D eigenvalue weighted by molar-refractivity contribution is 5.39. The molecule has 106 valence electrons. The first kappa shape index (κ1) is 14.3. The van der Waals surface area contributed by atoms with Gasteiger partial charge in [0, 0.05) is 31.9 Å². The number of anilines is 1. The van der Waals surface area contributed by atoms with E-state index in [9.17, 15) is 0 Å². The Morgan fingerprint density at radius 3 is 2.79 bits per heavy atom. The topological polar surface area (TPSA) is 45.4 Å². The molecule has 1 atom stereocenters. The molecule has 4 nitrogen and oxygen atoms in total. The van der Waals surface area contributed by atoms with Gasteiger partial charge in [0.2, 0.25) is 0 Å². The molecule has 1 saturated heterocycles. The van der Waals surface area contributed by atoms with E-state index in [0.717, 1.165) is 38.3 Å². The summed E-state index contributed by atoms with van der Waals surface area (Å²) in [6, 6.07) is 4.56. The summed E-state index contributed by atoms with van der Waals surface area (Å²) in [6.45, 7) is 6.59. The molecule has 1 unspecified atom stereocenters. The molecule has 1 aromatic rings. The second-order valence-corrected chi connectivity index (χ2v) is 5.54. The van der Waals surface area contributed by atoms with E-state index >= 15 is 0 Å². The van der Waals surface area contributed by atoms with Gasteiger partial charge in [-0.3, -0.25) is 0 Å². The molecule has 0 spiro atoms. The highest BCUT2D eigenvalue weighted by Gasteiger charge is 2.13. The highest BCUT2D eigenvalue weighted by atomic mass is 15.2. The van der Waals surface area contributed by atoms with Gasteiger partial charge in [-0.1, -0.05) is 13.0 Å². The Kier molecular flexibility index (Phi) is 5.16. The van der Waals surface area contributed by atoms with Crippen molar-refractivity contribution in [2.45, 2.75) is 32.2 Å². The summed E-state index contributed by atoms with van der Waals surface area (Å²) < 4.78 is 0. The molecule has 0 amide bonds. The lowest BCUT2D eigenvalue weighted by molar-refractivity contribution is 0.360. The monoisotopic (exact) mass is 262 g/mol. The highest BCUT2D eigenvalue weighted by Crippen LogP contribution is 2.14. The van der Waals surface area contributed by atoms with Gasteiger partial charge < -0.3 is 15.5 Å². The standard InChI is InChI=1S/C15H26N4/c1-3-14(16)11-13-5-6-15(17-12-13)19-8-4-7-18(2)9-10-19/h5-6,12,14H,3-4,7-11,16H2,1-2H3. The molecular formula is C15H26N4. The molecule has 0 aromatic carbocycles. The molecule has 1 aromatic heterocycles. The van der Waals surface area contributed by atoms with Gasteiger partial charge in [0.15, 0.2) is 0 Å². The van der Waals surface area contributed by atoms with E-state index in [2.05, 4.69) is 40.9 Å². The molecular weight excluding hydrogens is 236 g/mol. The average molecular weight is 262 g/mol. The largest absolute Gasteiger partial charge is 0.355 e. The lowest BCUT2D eigenvalue weighted by atomic mass is 10.1. The van der Waals surface area contributed by atoms with Crippen molar-refractivity contribution in [3.8, 4) is 0 Å². The Morgan fingerprint density at radius 2 is 2.11 bits per heavy atom. The molecule has 2 N–H and O–H groups in total. The third-order valence-electron chi connectivity index (χ3n) is 3.87. The van der Waals surface area contributed by atoms with E-state index in [-0.39, 0.29) is 6.04 Å². The summed E-state index contributed by atoms with van der Waals surface area (Å²) >= 11 is 0. The van der Waals surface area contributed by atoms with Crippen LogP contribution in [0.2, 0.25) is 0 Å². The minimum Gasteiger partial charge on any atom is -0.355 e. The van der Waals surface area contributed by atoms with Gasteiger partial charge >= 0.3 is 0 Å². The third kappa shape index (κ3) is 4.18. The number of rotatable bonds is 4. The van der Waals surface area contributed by atoms with Crippen LogP contribution < -0.4 is 10.6 Å². The van der Waals surface area contributed by atoms with Gasteiger partial charge in [0.05, 0.1) is 0 Å². The van der Waals surface area contributed by atoms with E-state index < -0.39 is 0 Å². The van der Waals surface area contributed by atoms with E-state index in [0.29, 0.717) is 0 Å². The number of pyridine rings is 1. The number of hydrogen-bond donors (Lipinski definition) is 1. The maximum atomic E-state index is 5.98. The SMILES string of the molecule is CCC(N)Cc1ccc(N2CCCN(C)CC2)nc1. The van der Waals surface area contributed by atoms with Crippen molar-refractivity contribution in [2.24, 2.45) is 5.73 Å². The van der Waals surface area contributed by atoms with E-state index in [1.165, 1.54) is 18.5 Å². The van der Waals surface area contributed by atoms with Crippen LogP contribution in [0.3, 0.4) is 0 Å². The minimum atomic E-state index is 0.250. The van der Waals surface area contributed by atoms with Gasteiger partial charge in [0.1, 0.15) is 5.82 Å². The van der Waals surface area contributed by atoms with Crippen LogP contribution in [0.25, 0.3) is 0 Å². The first-order chi connectivity index (χ1) is 9.19. The molecule has 2 heterocycles. The molecule has 0 radical (unpaired) electrons. The van der Waals surface area contributed by atoms with E-state index in [1.807, 2.05) is 6.20 Å². The number of nitrogens with two attached hydrogens (primary N) is 1. The van der Waals surface area contributed by atoms with Crippen LogP contribution in [-0.4, -0.2) is 49.2 Å². The van der Waals surface area contributed by atoms with Crippen LogP contribution >= 0.6 is 0 Å². The van der Waals surface area contributed by atoms with Crippen molar-refractivity contribution < 1.29 is 0 Å². The summed E-state index contributed by atoms with van der Waals surface area (Å²) in [6.07, 6.45) is 5.13. The summed E-state index contributed by atoms with van der Waals surface area (Å²) in [5.74, 6) is 1.10. The molecule has 4 heteroatoms. The van der Waals surface area contributed by atoms with Crippen LogP contribution in [-0.2, 0) is 6.42 Å². The van der Waals surface area contributed by atoms with Crippen LogP contribution in [0.4, 0.5) is 5.82 Å². The molecule has 1 aliphatic rings. The zero-order valence-electron chi connectivity index (χ0n) is 12.2. The Balaban J connectivity index is 1.97. The van der Waals surface area contributed by atoms with Crippen LogP contribution in [0.1, 0.15) is 25.3 Å². The summed E-state index contributed by atoms with van der Waals surface area (Å²) in [5.41, 5.74) is 7.22. The Hall–Kier alpha value is -1.13. The van der Waals surface area contributed by atoms with Crippen molar-refractivity contribution in [2.75, 3.05) is 38.1 Å². The Bertz CT molecular complexity index is 376. The summed E-state index contributed by atoms with van der Waals surface area (Å²) in [5, 5.41) is 0. The smallest absolute Gasteiger partial charge is 0.128 e. The fourth-order valence-corrected chi connectivity index (χ4v) is 2.45. The normalized spacial score (nSPS) is 19.2. The van der Waals surface area contributed by atoms with E-state index in [4.69, 9.17) is 5.73 Å². The number of aromatic nitrogens is 1. The van der Waals surface area contributed by atoms with Crippen LogP contribution in [0.15, 0.2) is 18.3 Å². The van der Waals surface area contributed by atoms with Gasteiger partial charge in [-0.25, -0.2) is 4.98 Å². The first-order valence-electron chi connectivity index (χ1n) is 7.33. The quantitative estimate of drug-likeness (QED) is 0.893. The van der Waals surface area contributed by atoms with Crippen LogP contribution in [0.5, 0.6) is 0 Å². The minimum absolute atomic E-state index is 0.250. The lowest BCUT2D eigenvalue weighted by Crippen LogP contribution is -2.29. The van der Waals surface area contributed by atoms with Gasteiger partial charge in [0.25, 0.3) is 0 Å². The molecule has 0 bridgehead atoms. The third-order valence-corrected chi connectivity index (χ3v) is 3.87. The number of hydrogen-bond acceptors (Lipinski definition) is 4. The average Bonchev–Trinajstić information content (AvgIpc) is 2.64. The molecule has 0 aliphatic carbocycles. The summed E-state index contributed by atoms with van der Waals surface area (Å²) in [4.78, 5) is 9.37. The molecule has 1 fully saturated rings. The second kappa shape index (κ2) is 6.87. The lowest BCUT2D eigenvalue weighted by Gasteiger charge is -2.21. The molecule has 0 saturated carbocycles. The molecule has 1 aliphatic heterocycles. The Morgan fingerprint density at radius 1 is 1.26 bits per heavy atom. The zero-order chi connectivity index (χ0) is 13.7. The maximum absolute atomic E-state index is 5.98. The zero-order valence-corrected chi connectivity index (χ0v) is 12.2. The number of nitrogens with zero attached hydrogens (tertiary/aromatic N) is 3. The van der Waals surface area contributed by atoms with Gasteiger partial charge in [-0.2, -0.15) is 0 Å². The number of likely N-dealkylation sites (N-methyl/N-ethyl adjacent to an activating group) is 1.